The highest BCUT2D eigenvalue weighted by Crippen LogP contribution is 2.39. The second-order valence-corrected chi connectivity index (χ2v) is 7.42. The van der Waals surface area contributed by atoms with Gasteiger partial charge in [-0.2, -0.15) is 0 Å². The summed E-state index contributed by atoms with van der Waals surface area (Å²) in [4.78, 5) is 11.5. The molecule has 0 spiro atoms. The van der Waals surface area contributed by atoms with E-state index in [9.17, 15) is 4.79 Å². The van der Waals surface area contributed by atoms with Gasteiger partial charge in [-0.1, -0.05) is 20.8 Å². The molecule has 1 aliphatic carbocycles. The van der Waals surface area contributed by atoms with Gasteiger partial charge in [-0.25, -0.2) is 0 Å². The van der Waals surface area contributed by atoms with E-state index in [1.165, 1.54) is 13.5 Å². The van der Waals surface area contributed by atoms with Crippen LogP contribution in [0.5, 0.6) is 0 Å². The van der Waals surface area contributed by atoms with Crippen LogP contribution in [-0.2, 0) is 14.3 Å². The molecular formula is C16H31NO3. The molecule has 0 saturated heterocycles. The van der Waals surface area contributed by atoms with Gasteiger partial charge >= 0.3 is 5.97 Å². The van der Waals surface area contributed by atoms with Crippen LogP contribution in [0.2, 0.25) is 0 Å². The smallest absolute Gasteiger partial charge is 0.325 e. The largest absolute Gasteiger partial charge is 0.468 e. The fourth-order valence-corrected chi connectivity index (χ4v) is 3.41. The summed E-state index contributed by atoms with van der Waals surface area (Å²) < 4.78 is 10.7. The highest BCUT2D eigenvalue weighted by Gasteiger charge is 2.33. The Morgan fingerprint density at radius 1 is 1.40 bits per heavy atom. The van der Waals surface area contributed by atoms with E-state index >= 15 is 0 Å². The molecular weight excluding hydrogens is 254 g/mol. The topological polar surface area (TPSA) is 61.5 Å². The minimum atomic E-state index is -0.906. The standard InChI is InChI=1S/C16H31NO3/c1-12-9-13(11-15(2,3)10-12)20-8-6-7-16(4,17)14(18)19-5/h12-13H,6-11,17H2,1-5H3. The van der Waals surface area contributed by atoms with E-state index < -0.39 is 5.54 Å². The first-order chi connectivity index (χ1) is 9.16. The minimum absolute atomic E-state index is 0.343. The Balaban J connectivity index is 2.29. The van der Waals surface area contributed by atoms with E-state index in [-0.39, 0.29) is 5.97 Å². The maximum atomic E-state index is 11.5. The lowest BCUT2D eigenvalue weighted by molar-refractivity contribution is -0.146. The van der Waals surface area contributed by atoms with Crippen molar-refractivity contribution in [2.45, 2.75) is 71.4 Å². The van der Waals surface area contributed by atoms with Crippen LogP contribution in [-0.4, -0.2) is 31.3 Å². The van der Waals surface area contributed by atoms with Gasteiger partial charge in [-0.05, 0) is 50.4 Å². The van der Waals surface area contributed by atoms with Crippen molar-refractivity contribution in [3.8, 4) is 0 Å². The molecule has 1 aliphatic rings. The monoisotopic (exact) mass is 285 g/mol. The molecule has 2 N–H and O–H groups in total. The van der Waals surface area contributed by atoms with E-state index in [0.717, 1.165) is 25.2 Å². The van der Waals surface area contributed by atoms with Gasteiger partial charge in [-0.15, -0.1) is 0 Å². The van der Waals surface area contributed by atoms with Crippen LogP contribution < -0.4 is 5.73 Å². The van der Waals surface area contributed by atoms with E-state index in [1.54, 1.807) is 6.92 Å². The summed E-state index contributed by atoms with van der Waals surface area (Å²) >= 11 is 0. The number of methoxy groups -OCH3 is 1. The van der Waals surface area contributed by atoms with Crippen LogP contribution in [0.4, 0.5) is 0 Å². The fraction of sp³-hybridized carbons (Fsp3) is 0.938. The Morgan fingerprint density at radius 2 is 2.05 bits per heavy atom. The van der Waals surface area contributed by atoms with Crippen molar-refractivity contribution in [2.75, 3.05) is 13.7 Å². The fourth-order valence-electron chi connectivity index (χ4n) is 3.41. The van der Waals surface area contributed by atoms with Crippen LogP contribution in [0.3, 0.4) is 0 Å². The number of hydrogen-bond acceptors (Lipinski definition) is 4. The van der Waals surface area contributed by atoms with Crippen molar-refractivity contribution in [3.63, 3.8) is 0 Å². The number of rotatable bonds is 6. The van der Waals surface area contributed by atoms with Crippen molar-refractivity contribution >= 4 is 5.97 Å². The summed E-state index contributed by atoms with van der Waals surface area (Å²) in [6.45, 7) is 9.30. The molecule has 0 radical (unpaired) electrons. The normalized spacial score (nSPS) is 28.7. The van der Waals surface area contributed by atoms with E-state index in [4.69, 9.17) is 15.2 Å². The van der Waals surface area contributed by atoms with Crippen LogP contribution in [0, 0.1) is 11.3 Å². The Bertz CT molecular complexity index is 326. The SMILES string of the molecule is COC(=O)C(C)(N)CCCOC1CC(C)CC(C)(C)C1. The van der Waals surface area contributed by atoms with E-state index in [0.29, 0.717) is 24.5 Å². The molecule has 0 aromatic carbocycles. The predicted octanol–water partition coefficient (Wildman–Crippen LogP) is 2.89. The Kier molecular flexibility index (Phi) is 6.02. The highest BCUT2D eigenvalue weighted by atomic mass is 16.5. The molecule has 1 saturated carbocycles. The third kappa shape index (κ3) is 5.41. The molecule has 0 heterocycles. The second kappa shape index (κ2) is 6.90. The van der Waals surface area contributed by atoms with Gasteiger partial charge in [-0.3, -0.25) is 4.79 Å². The quantitative estimate of drug-likeness (QED) is 0.602. The molecule has 118 valence electrons. The van der Waals surface area contributed by atoms with Crippen LogP contribution >= 0.6 is 0 Å². The van der Waals surface area contributed by atoms with Crippen LogP contribution in [0.25, 0.3) is 0 Å². The third-order valence-corrected chi connectivity index (χ3v) is 4.19. The summed E-state index contributed by atoms with van der Waals surface area (Å²) in [5.74, 6) is 0.364. The Labute approximate surface area is 123 Å². The first kappa shape index (κ1) is 17.4. The lowest BCUT2D eigenvalue weighted by Gasteiger charge is -2.38. The number of esters is 1. The van der Waals surface area contributed by atoms with Gasteiger partial charge in [0.2, 0.25) is 0 Å². The summed E-state index contributed by atoms with van der Waals surface area (Å²) in [7, 11) is 1.37. The highest BCUT2D eigenvalue weighted by molar-refractivity contribution is 5.79. The van der Waals surface area contributed by atoms with Crippen molar-refractivity contribution in [1.82, 2.24) is 0 Å². The molecule has 0 aromatic heterocycles. The number of carbonyl (C=O) groups excluding carboxylic acids is 1. The van der Waals surface area contributed by atoms with Crippen molar-refractivity contribution in [2.24, 2.45) is 17.1 Å². The number of ether oxygens (including phenoxy) is 2. The molecule has 0 bridgehead atoms. The molecule has 3 unspecified atom stereocenters. The average molecular weight is 285 g/mol. The first-order valence-corrected chi connectivity index (χ1v) is 7.65. The first-order valence-electron chi connectivity index (χ1n) is 7.65. The summed E-state index contributed by atoms with van der Waals surface area (Å²) in [5.41, 5.74) is 5.39. The predicted molar refractivity (Wildman–Crippen MR) is 80.4 cm³/mol. The van der Waals surface area contributed by atoms with Gasteiger partial charge in [0.15, 0.2) is 0 Å². The molecule has 0 amide bonds. The summed E-state index contributed by atoms with van der Waals surface area (Å²) in [6.07, 6.45) is 5.25. The number of hydrogen-bond donors (Lipinski definition) is 1. The maximum absolute atomic E-state index is 11.5. The Hall–Kier alpha value is -0.610. The van der Waals surface area contributed by atoms with Gasteiger partial charge in [0.05, 0.1) is 13.2 Å². The maximum Gasteiger partial charge on any atom is 0.325 e. The zero-order chi connectivity index (χ0) is 15.4. The summed E-state index contributed by atoms with van der Waals surface area (Å²) in [6, 6.07) is 0. The Morgan fingerprint density at radius 3 is 2.60 bits per heavy atom. The zero-order valence-electron chi connectivity index (χ0n) is 13.7. The van der Waals surface area contributed by atoms with Crippen molar-refractivity contribution in [1.29, 1.82) is 0 Å². The molecule has 4 heteroatoms. The second-order valence-electron chi connectivity index (χ2n) is 7.42. The van der Waals surface area contributed by atoms with Crippen LogP contribution in [0.1, 0.15) is 59.8 Å². The molecule has 3 atom stereocenters. The number of nitrogens with two attached hydrogens (primary N) is 1. The molecule has 1 fully saturated rings. The molecule has 4 nitrogen and oxygen atoms in total. The van der Waals surface area contributed by atoms with Gasteiger partial charge in [0, 0.05) is 6.61 Å². The average Bonchev–Trinajstić information content (AvgIpc) is 2.31. The number of carbonyl (C=O) groups is 1. The zero-order valence-corrected chi connectivity index (χ0v) is 13.7. The minimum Gasteiger partial charge on any atom is -0.468 e. The van der Waals surface area contributed by atoms with Crippen LogP contribution in [0.15, 0.2) is 0 Å². The van der Waals surface area contributed by atoms with Crippen molar-refractivity contribution < 1.29 is 14.3 Å². The molecule has 0 aromatic rings. The lowest BCUT2D eigenvalue weighted by Crippen LogP contribution is -2.45. The van der Waals surface area contributed by atoms with Gasteiger partial charge in [0.25, 0.3) is 0 Å². The lowest BCUT2D eigenvalue weighted by atomic mass is 9.71. The summed E-state index contributed by atoms with van der Waals surface area (Å²) in [5, 5.41) is 0. The molecule has 1 rings (SSSR count). The van der Waals surface area contributed by atoms with E-state index in [2.05, 4.69) is 20.8 Å². The van der Waals surface area contributed by atoms with E-state index in [1.807, 2.05) is 0 Å². The third-order valence-electron chi connectivity index (χ3n) is 4.19. The van der Waals surface area contributed by atoms with Gasteiger partial charge < -0.3 is 15.2 Å². The molecule has 20 heavy (non-hydrogen) atoms. The molecule has 0 aliphatic heterocycles. The van der Waals surface area contributed by atoms with Crippen molar-refractivity contribution in [3.05, 3.63) is 0 Å². The van der Waals surface area contributed by atoms with Gasteiger partial charge in [0.1, 0.15) is 5.54 Å².